The molecule has 0 fully saturated rings. The first kappa shape index (κ1) is 20.8. The summed E-state index contributed by atoms with van der Waals surface area (Å²) in [6.45, 7) is 0.188. The Morgan fingerprint density at radius 1 is 1.03 bits per heavy atom. The van der Waals surface area contributed by atoms with Gasteiger partial charge in [-0.25, -0.2) is 9.89 Å². The number of aromatic nitrogens is 2. The number of hydrogen-bond acceptors (Lipinski definition) is 8. The number of nitrogens with one attached hydrogen (secondary N) is 3. The van der Waals surface area contributed by atoms with Crippen molar-refractivity contribution in [2.45, 2.75) is 6.42 Å². The van der Waals surface area contributed by atoms with Crippen molar-refractivity contribution in [3.8, 4) is 11.5 Å². The third-order valence-electron chi connectivity index (χ3n) is 4.50. The summed E-state index contributed by atoms with van der Waals surface area (Å²) < 4.78 is 15.7. The first-order chi connectivity index (χ1) is 15.5. The molecule has 0 saturated heterocycles. The highest BCUT2D eigenvalue weighted by atomic mass is 16.6. The lowest BCUT2D eigenvalue weighted by molar-refractivity contribution is -0.147. The van der Waals surface area contributed by atoms with Gasteiger partial charge in [-0.3, -0.25) is 19.7 Å². The van der Waals surface area contributed by atoms with E-state index in [0.717, 1.165) is 0 Å². The average Bonchev–Trinajstić information content (AvgIpc) is 2.79. The number of esters is 1. The van der Waals surface area contributed by atoms with Crippen molar-refractivity contribution in [1.29, 1.82) is 0 Å². The van der Waals surface area contributed by atoms with Gasteiger partial charge in [0.15, 0.2) is 18.1 Å². The number of rotatable bonds is 5. The van der Waals surface area contributed by atoms with E-state index in [4.69, 9.17) is 14.2 Å². The Balaban J connectivity index is 1.28. The number of H-pyrrole nitrogens is 1. The summed E-state index contributed by atoms with van der Waals surface area (Å²) in [4.78, 5) is 47.8. The highest BCUT2D eigenvalue weighted by Crippen LogP contribution is 2.32. The van der Waals surface area contributed by atoms with Crippen molar-refractivity contribution in [3.63, 3.8) is 0 Å². The molecule has 3 aromatic rings. The van der Waals surface area contributed by atoms with Gasteiger partial charge < -0.3 is 19.5 Å². The second-order valence-corrected chi connectivity index (χ2v) is 6.74. The van der Waals surface area contributed by atoms with Crippen LogP contribution in [0.5, 0.6) is 11.5 Å². The number of amides is 3. The molecule has 164 valence electrons. The molecule has 32 heavy (non-hydrogen) atoms. The first-order valence-corrected chi connectivity index (χ1v) is 9.62. The van der Waals surface area contributed by atoms with Gasteiger partial charge in [0.25, 0.3) is 11.5 Å². The largest absolute Gasteiger partial charge is 0.486 e. The Bertz CT molecular complexity index is 1250. The fourth-order valence-electron chi connectivity index (χ4n) is 3.09. The SMILES string of the molecule is O=C(COC(=O)Cc1n[nH]c(=O)c2ccccc12)NC(=O)Nc1ccc2c(c1)OCCO2. The molecule has 11 nitrogen and oxygen atoms in total. The van der Waals surface area contributed by atoms with Gasteiger partial charge in [-0.15, -0.1) is 0 Å². The molecule has 2 aromatic carbocycles. The predicted molar refractivity (Wildman–Crippen MR) is 112 cm³/mol. The van der Waals surface area contributed by atoms with Crippen LogP contribution in [0.2, 0.25) is 0 Å². The van der Waals surface area contributed by atoms with E-state index in [1.165, 1.54) is 0 Å². The minimum atomic E-state index is -0.812. The molecule has 3 N–H and O–H groups in total. The number of aromatic amines is 1. The quantitative estimate of drug-likeness (QED) is 0.502. The van der Waals surface area contributed by atoms with Crippen LogP contribution in [-0.4, -0.2) is 47.9 Å². The third-order valence-corrected chi connectivity index (χ3v) is 4.50. The second kappa shape index (κ2) is 9.16. The lowest BCUT2D eigenvalue weighted by Crippen LogP contribution is -2.37. The molecule has 3 amide bonds. The maximum Gasteiger partial charge on any atom is 0.325 e. The molecule has 0 radical (unpaired) electrons. The maximum absolute atomic E-state index is 12.1. The van der Waals surface area contributed by atoms with E-state index in [9.17, 15) is 19.2 Å². The summed E-state index contributed by atoms with van der Waals surface area (Å²) in [7, 11) is 0. The topological polar surface area (TPSA) is 149 Å². The zero-order chi connectivity index (χ0) is 22.5. The normalized spacial score (nSPS) is 12.1. The molecule has 0 atom stereocenters. The van der Waals surface area contributed by atoms with Crippen LogP contribution < -0.4 is 25.7 Å². The second-order valence-electron chi connectivity index (χ2n) is 6.74. The van der Waals surface area contributed by atoms with Gasteiger partial charge in [-0.1, -0.05) is 18.2 Å². The molecule has 2 heterocycles. The number of ether oxygens (including phenoxy) is 3. The Morgan fingerprint density at radius 2 is 1.78 bits per heavy atom. The van der Waals surface area contributed by atoms with Crippen LogP contribution in [0.1, 0.15) is 5.69 Å². The van der Waals surface area contributed by atoms with Crippen LogP contribution in [0.3, 0.4) is 0 Å². The number of fused-ring (bicyclic) bond motifs is 2. The van der Waals surface area contributed by atoms with E-state index in [1.54, 1.807) is 42.5 Å². The Morgan fingerprint density at radius 3 is 2.59 bits per heavy atom. The van der Waals surface area contributed by atoms with Crippen LogP contribution in [0, 0.1) is 0 Å². The Labute approximate surface area is 180 Å². The minimum Gasteiger partial charge on any atom is -0.486 e. The van der Waals surface area contributed by atoms with E-state index in [-0.39, 0.29) is 12.0 Å². The molecule has 1 aromatic heterocycles. The zero-order valence-electron chi connectivity index (χ0n) is 16.7. The van der Waals surface area contributed by atoms with Crippen molar-refractivity contribution in [2.24, 2.45) is 0 Å². The summed E-state index contributed by atoms with van der Waals surface area (Å²) >= 11 is 0. The van der Waals surface area contributed by atoms with Gasteiger partial charge >= 0.3 is 12.0 Å². The summed E-state index contributed by atoms with van der Waals surface area (Å²) in [5.41, 5.74) is 0.329. The van der Waals surface area contributed by atoms with Crippen molar-refractivity contribution in [2.75, 3.05) is 25.1 Å². The maximum atomic E-state index is 12.1. The van der Waals surface area contributed by atoms with Crippen LogP contribution in [0.4, 0.5) is 10.5 Å². The monoisotopic (exact) mass is 438 g/mol. The molecule has 0 spiro atoms. The van der Waals surface area contributed by atoms with Crippen molar-refractivity contribution >= 4 is 34.4 Å². The number of urea groups is 1. The molecule has 1 aliphatic heterocycles. The van der Waals surface area contributed by atoms with Gasteiger partial charge in [0.05, 0.1) is 17.5 Å². The number of imide groups is 1. The predicted octanol–water partition coefficient (Wildman–Crippen LogP) is 1.13. The highest BCUT2D eigenvalue weighted by Gasteiger charge is 2.16. The Hall–Kier alpha value is -4.41. The summed E-state index contributed by atoms with van der Waals surface area (Å²) in [6, 6.07) is 10.7. The van der Waals surface area contributed by atoms with Gasteiger partial charge in [-0.2, -0.15) is 5.10 Å². The number of anilines is 1. The van der Waals surface area contributed by atoms with E-state index in [1.807, 2.05) is 0 Å². The number of nitrogens with zero attached hydrogens (tertiary/aromatic N) is 1. The van der Waals surface area contributed by atoms with Crippen molar-refractivity contribution < 1.29 is 28.6 Å². The first-order valence-electron chi connectivity index (χ1n) is 9.62. The van der Waals surface area contributed by atoms with Gasteiger partial charge in [-0.05, 0) is 18.2 Å². The van der Waals surface area contributed by atoms with Crippen LogP contribution >= 0.6 is 0 Å². The standard InChI is InChI=1S/C21H18N4O7/c26-18(23-21(29)22-12-5-6-16-17(9-12)31-8-7-30-16)11-32-19(27)10-15-13-3-1-2-4-14(13)20(28)25-24-15/h1-6,9H,7-8,10-11H2,(H,25,28)(H2,22,23,26,29). The molecular formula is C21H18N4O7. The highest BCUT2D eigenvalue weighted by molar-refractivity contribution is 6.02. The minimum absolute atomic E-state index is 0.256. The fraction of sp³-hybridized carbons (Fsp3) is 0.190. The number of hydrogen-bond donors (Lipinski definition) is 3. The summed E-state index contributed by atoms with van der Waals surface area (Å²) in [5.74, 6) is -0.502. The smallest absolute Gasteiger partial charge is 0.325 e. The van der Waals surface area contributed by atoms with Crippen molar-refractivity contribution in [1.82, 2.24) is 15.5 Å². The van der Waals surface area contributed by atoms with Crippen molar-refractivity contribution in [3.05, 3.63) is 58.5 Å². The summed E-state index contributed by atoms with van der Waals surface area (Å²) in [6.07, 6.45) is -0.256. The summed E-state index contributed by atoms with van der Waals surface area (Å²) in [5, 5.41) is 11.6. The van der Waals surface area contributed by atoms with E-state index in [2.05, 4.69) is 20.8 Å². The van der Waals surface area contributed by atoms with Gasteiger partial charge in [0.1, 0.15) is 13.2 Å². The number of benzene rings is 2. The fourth-order valence-corrected chi connectivity index (χ4v) is 3.09. The lowest BCUT2D eigenvalue weighted by atomic mass is 10.1. The average molecular weight is 438 g/mol. The molecule has 0 aliphatic carbocycles. The molecule has 11 heteroatoms. The van der Waals surface area contributed by atoms with Crippen LogP contribution in [0.15, 0.2) is 47.3 Å². The van der Waals surface area contributed by atoms with Crippen LogP contribution in [0.25, 0.3) is 10.8 Å². The number of carbonyl (C=O) groups excluding carboxylic acids is 3. The van der Waals surface area contributed by atoms with Gasteiger partial charge in [0.2, 0.25) is 0 Å². The third kappa shape index (κ3) is 4.83. The van der Waals surface area contributed by atoms with E-state index < -0.39 is 24.5 Å². The molecule has 1 aliphatic rings. The van der Waals surface area contributed by atoms with E-state index >= 15 is 0 Å². The lowest BCUT2D eigenvalue weighted by Gasteiger charge is -2.19. The molecule has 4 rings (SSSR count). The molecule has 0 saturated carbocycles. The molecular weight excluding hydrogens is 420 g/mol. The van der Waals surface area contributed by atoms with Crippen LogP contribution in [-0.2, 0) is 20.7 Å². The Kier molecular flexibility index (Phi) is 5.97. The van der Waals surface area contributed by atoms with Gasteiger partial charge in [0, 0.05) is 17.1 Å². The zero-order valence-corrected chi connectivity index (χ0v) is 16.7. The molecule has 0 unspecified atom stereocenters. The number of carbonyl (C=O) groups is 3. The molecule has 0 bridgehead atoms. The van der Waals surface area contributed by atoms with E-state index in [0.29, 0.717) is 46.9 Å².